The van der Waals surface area contributed by atoms with Crippen LogP contribution in [0.2, 0.25) is 0 Å². The van der Waals surface area contributed by atoms with Crippen LogP contribution in [0.4, 0.5) is 11.4 Å². The number of aromatic nitrogens is 3. The molecule has 0 spiro atoms. The quantitative estimate of drug-likeness (QED) is 0.814. The second-order valence-electron chi connectivity index (χ2n) is 5.10. The molecule has 0 unspecified atom stereocenters. The molecule has 0 bridgehead atoms. The minimum atomic E-state index is -0.234. The van der Waals surface area contributed by atoms with Crippen LogP contribution in [0.1, 0.15) is 24.1 Å². The van der Waals surface area contributed by atoms with E-state index in [1.54, 1.807) is 6.20 Å². The van der Waals surface area contributed by atoms with Gasteiger partial charge in [0.2, 0.25) is 0 Å². The molecule has 0 aromatic carbocycles. The molecule has 0 saturated heterocycles. The number of H-pyrrole nitrogens is 1. The standard InChI is InChI=1S/C14H17N5O.H2/c1-8-12(6-17-14(20)13(8)15)19-4-3-10-5-16-9(2)18-11(10)7-19;/h5-6H,3-4,7,15H2,1-2H3,(H,17,20);1H. The van der Waals surface area contributed by atoms with Crippen molar-refractivity contribution in [3.8, 4) is 0 Å². The predicted molar refractivity (Wildman–Crippen MR) is 79.8 cm³/mol. The van der Waals surface area contributed by atoms with Gasteiger partial charge in [-0.15, -0.1) is 0 Å². The fraction of sp³-hybridized carbons (Fsp3) is 0.357. The van der Waals surface area contributed by atoms with Crippen molar-refractivity contribution in [1.29, 1.82) is 0 Å². The number of aryl methyl sites for hydroxylation is 1. The van der Waals surface area contributed by atoms with Gasteiger partial charge in [0.05, 0.1) is 17.9 Å². The zero-order chi connectivity index (χ0) is 14.3. The van der Waals surface area contributed by atoms with Gasteiger partial charge in [-0.25, -0.2) is 9.97 Å². The van der Waals surface area contributed by atoms with Crippen LogP contribution in [-0.4, -0.2) is 21.5 Å². The van der Waals surface area contributed by atoms with Gasteiger partial charge in [0.25, 0.3) is 5.56 Å². The molecule has 1 aliphatic rings. The summed E-state index contributed by atoms with van der Waals surface area (Å²) in [7, 11) is 0. The monoisotopic (exact) mass is 273 g/mol. The first-order valence-corrected chi connectivity index (χ1v) is 6.60. The molecular weight excluding hydrogens is 254 g/mol. The second kappa shape index (κ2) is 4.63. The summed E-state index contributed by atoms with van der Waals surface area (Å²) in [6.07, 6.45) is 4.53. The molecule has 0 saturated carbocycles. The van der Waals surface area contributed by atoms with Crippen molar-refractivity contribution in [2.75, 3.05) is 17.2 Å². The van der Waals surface area contributed by atoms with Crippen molar-refractivity contribution >= 4 is 11.4 Å². The zero-order valence-corrected chi connectivity index (χ0v) is 11.6. The van der Waals surface area contributed by atoms with Gasteiger partial charge in [0.1, 0.15) is 11.5 Å². The summed E-state index contributed by atoms with van der Waals surface area (Å²) in [6, 6.07) is 0. The molecule has 0 atom stereocenters. The summed E-state index contributed by atoms with van der Waals surface area (Å²) in [5, 5.41) is 0. The summed E-state index contributed by atoms with van der Waals surface area (Å²) < 4.78 is 0. The van der Waals surface area contributed by atoms with E-state index in [-0.39, 0.29) is 12.7 Å². The molecule has 2 aromatic rings. The predicted octanol–water partition coefficient (Wildman–Crippen LogP) is 1.17. The number of nitrogen functional groups attached to an aromatic ring is 1. The Balaban J connectivity index is 0.00000161. The summed E-state index contributed by atoms with van der Waals surface area (Å²) in [6.45, 7) is 5.35. The van der Waals surface area contributed by atoms with E-state index >= 15 is 0 Å². The number of rotatable bonds is 1. The molecule has 0 aliphatic carbocycles. The van der Waals surface area contributed by atoms with Crippen LogP contribution in [0.15, 0.2) is 17.2 Å². The van der Waals surface area contributed by atoms with E-state index in [2.05, 4.69) is 19.9 Å². The van der Waals surface area contributed by atoms with Crippen molar-refractivity contribution in [3.05, 3.63) is 45.4 Å². The smallest absolute Gasteiger partial charge is 0.271 e. The molecular formula is C14H19N5O. The number of nitrogens with one attached hydrogen (secondary N) is 1. The molecule has 6 heteroatoms. The Morgan fingerprint density at radius 2 is 2.25 bits per heavy atom. The summed E-state index contributed by atoms with van der Waals surface area (Å²) in [5.41, 5.74) is 9.89. The zero-order valence-electron chi connectivity index (χ0n) is 11.6. The molecule has 3 N–H and O–H groups in total. The topological polar surface area (TPSA) is 87.9 Å². The van der Waals surface area contributed by atoms with Gasteiger partial charge in [-0.2, -0.15) is 0 Å². The molecule has 0 radical (unpaired) electrons. The molecule has 106 valence electrons. The number of aromatic amines is 1. The van der Waals surface area contributed by atoms with Crippen LogP contribution in [-0.2, 0) is 13.0 Å². The van der Waals surface area contributed by atoms with Crippen molar-refractivity contribution in [2.45, 2.75) is 26.8 Å². The van der Waals surface area contributed by atoms with Crippen LogP contribution >= 0.6 is 0 Å². The fourth-order valence-corrected chi connectivity index (χ4v) is 2.57. The maximum Gasteiger partial charge on any atom is 0.271 e. The van der Waals surface area contributed by atoms with E-state index < -0.39 is 0 Å². The third-order valence-corrected chi connectivity index (χ3v) is 3.78. The van der Waals surface area contributed by atoms with Gasteiger partial charge in [0, 0.05) is 25.9 Å². The number of fused-ring (bicyclic) bond motifs is 1. The van der Waals surface area contributed by atoms with E-state index in [0.717, 1.165) is 35.7 Å². The lowest BCUT2D eigenvalue weighted by molar-refractivity contribution is 0.695. The molecule has 0 fully saturated rings. The third kappa shape index (κ3) is 2.03. The van der Waals surface area contributed by atoms with Crippen LogP contribution in [0.25, 0.3) is 0 Å². The van der Waals surface area contributed by atoms with Crippen LogP contribution < -0.4 is 16.2 Å². The Hall–Kier alpha value is -2.37. The van der Waals surface area contributed by atoms with Crippen molar-refractivity contribution < 1.29 is 1.43 Å². The largest absolute Gasteiger partial charge is 0.394 e. The molecule has 3 rings (SSSR count). The third-order valence-electron chi connectivity index (χ3n) is 3.78. The van der Waals surface area contributed by atoms with E-state index in [4.69, 9.17) is 5.73 Å². The van der Waals surface area contributed by atoms with Gasteiger partial charge >= 0.3 is 0 Å². The highest BCUT2D eigenvalue weighted by molar-refractivity contribution is 5.62. The minimum absolute atomic E-state index is 0. The molecule has 0 amide bonds. The maximum absolute atomic E-state index is 11.5. The number of anilines is 2. The summed E-state index contributed by atoms with van der Waals surface area (Å²) >= 11 is 0. The summed E-state index contributed by atoms with van der Waals surface area (Å²) in [4.78, 5) is 25.1. The Morgan fingerprint density at radius 3 is 3.05 bits per heavy atom. The first-order valence-electron chi connectivity index (χ1n) is 6.60. The lowest BCUT2D eigenvalue weighted by atomic mass is 10.1. The second-order valence-corrected chi connectivity index (χ2v) is 5.10. The molecule has 2 aromatic heterocycles. The summed E-state index contributed by atoms with van der Waals surface area (Å²) in [5.74, 6) is 0.781. The number of nitrogens with two attached hydrogens (primary N) is 1. The molecule has 6 nitrogen and oxygen atoms in total. The first-order chi connectivity index (χ1) is 9.56. The maximum atomic E-state index is 11.5. The van der Waals surface area contributed by atoms with Gasteiger partial charge in [-0.3, -0.25) is 4.79 Å². The first kappa shape index (κ1) is 12.7. The lowest BCUT2D eigenvalue weighted by Gasteiger charge is -2.31. The highest BCUT2D eigenvalue weighted by atomic mass is 16.1. The highest BCUT2D eigenvalue weighted by Gasteiger charge is 2.20. The molecule has 20 heavy (non-hydrogen) atoms. The van der Waals surface area contributed by atoms with E-state index in [1.165, 1.54) is 5.56 Å². The highest BCUT2D eigenvalue weighted by Crippen LogP contribution is 2.26. The Morgan fingerprint density at radius 1 is 1.45 bits per heavy atom. The normalized spacial score (nSPS) is 14.2. The van der Waals surface area contributed by atoms with Gasteiger partial charge in [-0.05, 0) is 25.8 Å². The van der Waals surface area contributed by atoms with E-state index in [9.17, 15) is 4.79 Å². The SMILES string of the molecule is Cc1ncc2c(n1)CN(c1c[nH]c(=O)c(N)c1C)CC2.[HH]. The number of pyridine rings is 1. The van der Waals surface area contributed by atoms with Gasteiger partial charge in [0.15, 0.2) is 0 Å². The Bertz CT molecular complexity index is 728. The van der Waals surface area contributed by atoms with E-state index in [1.807, 2.05) is 20.0 Å². The van der Waals surface area contributed by atoms with Crippen LogP contribution in [0.5, 0.6) is 0 Å². The van der Waals surface area contributed by atoms with Crippen LogP contribution in [0.3, 0.4) is 0 Å². The number of nitrogens with zero attached hydrogens (tertiary/aromatic N) is 3. The van der Waals surface area contributed by atoms with Gasteiger partial charge < -0.3 is 15.6 Å². The fourth-order valence-electron chi connectivity index (χ4n) is 2.57. The van der Waals surface area contributed by atoms with Crippen molar-refractivity contribution in [3.63, 3.8) is 0 Å². The van der Waals surface area contributed by atoms with Crippen LogP contribution in [0, 0.1) is 13.8 Å². The number of hydrogen-bond donors (Lipinski definition) is 2. The Labute approximate surface area is 118 Å². The molecule has 1 aliphatic heterocycles. The van der Waals surface area contributed by atoms with Gasteiger partial charge in [-0.1, -0.05) is 0 Å². The van der Waals surface area contributed by atoms with E-state index in [0.29, 0.717) is 6.54 Å². The van der Waals surface area contributed by atoms with Crippen molar-refractivity contribution in [1.82, 2.24) is 15.0 Å². The van der Waals surface area contributed by atoms with Crippen molar-refractivity contribution in [2.24, 2.45) is 0 Å². The lowest BCUT2D eigenvalue weighted by Crippen LogP contribution is -2.33. The average molecular weight is 273 g/mol. The average Bonchev–Trinajstić information content (AvgIpc) is 2.44. The molecule has 3 heterocycles. The minimum Gasteiger partial charge on any atom is -0.394 e. The Kier molecular flexibility index (Phi) is 2.93. The number of hydrogen-bond acceptors (Lipinski definition) is 5.